The molecule has 27 heavy (non-hydrogen) atoms. The third-order valence-electron chi connectivity index (χ3n) is 3.27. The summed E-state index contributed by atoms with van der Waals surface area (Å²) >= 11 is 0. The van der Waals surface area contributed by atoms with Crippen LogP contribution in [0.4, 0.5) is 26.3 Å². The molecule has 2 amide bonds. The van der Waals surface area contributed by atoms with E-state index in [2.05, 4.69) is 14.8 Å². The molecule has 12 heteroatoms. The van der Waals surface area contributed by atoms with E-state index >= 15 is 0 Å². The minimum absolute atomic E-state index is 0.224. The van der Waals surface area contributed by atoms with Crippen molar-refractivity contribution < 1.29 is 40.8 Å². The maximum Gasteiger partial charge on any atom is 0.417 e. The van der Waals surface area contributed by atoms with Crippen LogP contribution in [0.3, 0.4) is 0 Å². The Morgan fingerprint density at radius 3 is 1.52 bits per heavy atom. The first kappa shape index (κ1) is 20.3. The number of carbonyl (C=O) groups excluding carboxylic acids is 2. The zero-order valence-corrected chi connectivity index (χ0v) is 13.3. The molecule has 0 bridgehead atoms. The van der Waals surface area contributed by atoms with Gasteiger partial charge in [0.05, 0.1) is 29.4 Å². The summed E-state index contributed by atoms with van der Waals surface area (Å²) in [5, 5.41) is -0.224. The highest BCUT2D eigenvalue weighted by atomic mass is 19.4. The summed E-state index contributed by atoms with van der Waals surface area (Å²) < 4.78 is 78.2. The lowest BCUT2D eigenvalue weighted by atomic mass is 10.1. The van der Waals surface area contributed by atoms with E-state index in [4.69, 9.17) is 0 Å². The predicted molar refractivity (Wildman–Crippen MR) is 76.0 cm³/mol. The largest absolute Gasteiger partial charge is 0.417 e. The van der Waals surface area contributed by atoms with Gasteiger partial charge in [-0.1, -0.05) is 0 Å². The number of carbonyl (C=O) groups is 2. The Bertz CT molecular complexity index is 797. The molecule has 0 aliphatic heterocycles. The fourth-order valence-corrected chi connectivity index (χ4v) is 2.10. The first-order valence-corrected chi connectivity index (χ1v) is 6.93. The summed E-state index contributed by atoms with van der Waals surface area (Å²) in [7, 11) is 0.739. The molecule has 0 atom stereocenters. The summed E-state index contributed by atoms with van der Waals surface area (Å²) in [5.74, 6) is -3.28. The summed E-state index contributed by atoms with van der Waals surface area (Å²) in [4.78, 5) is 35.9. The molecular weight excluding hydrogens is 384 g/mol. The van der Waals surface area contributed by atoms with Gasteiger partial charge in [0.25, 0.3) is 11.8 Å². The fraction of sp³-hybridized carbons (Fsp3) is 0.200. The monoisotopic (exact) mass is 393 g/mol. The van der Waals surface area contributed by atoms with Gasteiger partial charge in [-0.15, -0.1) is 5.06 Å². The van der Waals surface area contributed by atoms with Crippen LogP contribution in [0.1, 0.15) is 31.8 Å². The SMILES string of the molecule is CON(C(=O)c1cnccc1C(F)(F)F)C(=O)c1cnccc1C(F)(F)F. The molecular formula is C15H9F6N3O3. The molecule has 2 aromatic rings. The zero-order chi connectivity index (χ0) is 20.4. The Hall–Kier alpha value is -3.02. The first-order chi connectivity index (χ1) is 12.5. The van der Waals surface area contributed by atoms with Crippen molar-refractivity contribution in [1.29, 1.82) is 0 Å². The minimum Gasteiger partial charge on any atom is -0.266 e. The maximum atomic E-state index is 13.0. The van der Waals surface area contributed by atoms with E-state index in [1.807, 2.05) is 0 Å². The smallest absolute Gasteiger partial charge is 0.266 e. The molecule has 0 spiro atoms. The summed E-state index contributed by atoms with van der Waals surface area (Å²) in [6.07, 6.45) is -7.36. The Kier molecular flexibility index (Phi) is 5.49. The second-order valence-electron chi connectivity index (χ2n) is 4.93. The number of aromatic nitrogens is 2. The van der Waals surface area contributed by atoms with Crippen molar-refractivity contribution in [2.75, 3.05) is 7.11 Å². The van der Waals surface area contributed by atoms with E-state index in [1.165, 1.54) is 0 Å². The molecule has 0 radical (unpaired) electrons. The molecule has 0 aliphatic carbocycles. The van der Waals surface area contributed by atoms with E-state index in [-0.39, 0.29) is 5.06 Å². The van der Waals surface area contributed by atoms with E-state index in [9.17, 15) is 35.9 Å². The predicted octanol–water partition coefficient (Wildman–Crippen LogP) is 3.36. The van der Waals surface area contributed by atoms with Crippen LogP contribution in [-0.4, -0.2) is 34.0 Å². The number of hydroxylamine groups is 2. The number of alkyl halides is 6. The van der Waals surface area contributed by atoms with Gasteiger partial charge in [-0.3, -0.25) is 24.4 Å². The van der Waals surface area contributed by atoms with Gasteiger partial charge in [-0.05, 0) is 12.1 Å². The van der Waals surface area contributed by atoms with Crippen LogP contribution < -0.4 is 0 Å². The number of imide groups is 1. The van der Waals surface area contributed by atoms with Crippen molar-refractivity contribution in [3.05, 3.63) is 59.2 Å². The summed E-state index contributed by atoms with van der Waals surface area (Å²) in [6, 6.07) is 0.966. The van der Waals surface area contributed by atoms with Crippen LogP contribution in [-0.2, 0) is 17.2 Å². The molecule has 2 aromatic heterocycles. The van der Waals surface area contributed by atoms with Crippen molar-refractivity contribution in [3.8, 4) is 0 Å². The zero-order valence-electron chi connectivity index (χ0n) is 13.3. The van der Waals surface area contributed by atoms with E-state index in [0.717, 1.165) is 19.5 Å². The van der Waals surface area contributed by atoms with E-state index in [0.29, 0.717) is 24.5 Å². The van der Waals surface area contributed by atoms with Crippen LogP contribution in [0.5, 0.6) is 0 Å². The molecule has 6 nitrogen and oxygen atoms in total. The Morgan fingerprint density at radius 1 is 0.852 bits per heavy atom. The van der Waals surface area contributed by atoms with Crippen molar-refractivity contribution in [2.24, 2.45) is 0 Å². The average Bonchev–Trinajstić information content (AvgIpc) is 2.60. The topological polar surface area (TPSA) is 72.4 Å². The molecule has 0 fully saturated rings. The third kappa shape index (κ3) is 4.22. The fourth-order valence-electron chi connectivity index (χ4n) is 2.10. The minimum atomic E-state index is -4.97. The highest BCUT2D eigenvalue weighted by Gasteiger charge is 2.40. The second-order valence-corrected chi connectivity index (χ2v) is 4.93. The number of hydrogen-bond acceptors (Lipinski definition) is 5. The van der Waals surface area contributed by atoms with Crippen LogP contribution in [0.15, 0.2) is 36.9 Å². The number of nitrogens with zero attached hydrogens (tertiary/aromatic N) is 3. The lowest BCUT2D eigenvalue weighted by Gasteiger charge is -2.21. The normalized spacial score (nSPS) is 12.0. The number of rotatable bonds is 3. The number of amides is 2. The maximum absolute atomic E-state index is 13.0. The molecule has 2 rings (SSSR count). The van der Waals surface area contributed by atoms with Crippen molar-refractivity contribution in [3.63, 3.8) is 0 Å². The van der Waals surface area contributed by atoms with Gasteiger partial charge >= 0.3 is 12.4 Å². The molecule has 0 aliphatic rings. The molecule has 144 valence electrons. The molecule has 0 unspecified atom stereocenters. The van der Waals surface area contributed by atoms with Gasteiger partial charge in [-0.25, -0.2) is 0 Å². The Labute approximate surface area is 147 Å². The Morgan fingerprint density at radius 2 is 1.22 bits per heavy atom. The third-order valence-corrected chi connectivity index (χ3v) is 3.27. The van der Waals surface area contributed by atoms with Gasteiger partial charge in [-0.2, -0.15) is 26.3 Å². The van der Waals surface area contributed by atoms with Crippen molar-refractivity contribution >= 4 is 11.8 Å². The highest BCUT2D eigenvalue weighted by Crippen LogP contribution is 2.34. The van der Waals surface area contributed by atoms with Gasteiger partial charge in [0, 0.05) is 24.8 Å². The summed E-state index contributed by atoms with van der Waals surface area (Å²) in [6.45, 7) is 0. The standard InChI is InChI=1S/C15H9F6N3O3/c1-27-24(12(25)8-6-22-4-2-10(8)14(16,17)18)13(26)9-7-23-5-3-11(9)15(19,20)21/h2-7H,1H3. The molecule has 2 heterocycles. The number of hydrogen-bond donors (Lipinski definition) is 0. The summed E-state index contributed by atoms with van der Waals surface area (Å²) in [5.41, 5.74) is -5.01. The lowest BCUT2D eigenvalue weighted by Crippen LogP contribution is -2.38. The van der Waals surface area contributed by atoms with E-state index in [1.54, 1.807) is 0 Å². The van der Waals surface area contributed by atoms with E-state index < -0.39 is 46.4 Å². The van der Waals surface area contributed by atoms with Crippen molar-refractivity contribution in [2.45, 2.75) is 12.4 Å². The van der Waals surface area contributed by atoms with Crippen LogP contribution in [0.2, 0.25) is 0 Å². The van der Waals surface area contributed by atoms with Gasteiger partial charge in [0.1, 0.15) is 0 Å². The Balaban J connectivity index is 2.51. The average molecular weight is 393 g/mol. The van der Waals surface area contributed by atoms with Gasteiger partial charge in [0.15, 0.2) is 0 Å². The van der Waals surface area contributed by atoms with Crippen LogP contribution in [0.25, 0.3) is 0 Å². The van der Waals surface area contributed by atoms with Gasteiger partial charge < -0.3 is 0 Å². The molecule has 0 saturated heterocycles. The van der Waals surface area contributed by atoms with Crippen molar-refractivity contribution in [1.82, 2.24) is 15.0 Å². The molecule has 0 N–H and O–H groups in total. The highest BCUT2D eigenvalue weighted by molar-refractivity contribution is 6.10. The van der Waals surface area contributed by atoms with Crippen LogP contribution in [0, 0.1) is 0 Å². The molecule has 0 aromatic carbocycles. The number of halogens is 6. The second kappa shape index (κ2) is 7.31. The quantitative estimate of drug-likeness (QED) is 0.454. The van der Waals surface area contributed by atoms with Crippen LogP contribution >= 0.6 is 0 Å². The molecule has 0 saturated carbocycles. The lowest BCUT2D eigenvalue weighted by molar-refractivity contribution is -0.138. The number of pyridine rings is 2. The van der Waals surface area contributed by atoms with Gasteiger partial charge in [0.2, 0.25) is 0 Å². The first-order valence-electron chi connectivity index (χ1n) is 6.93.